The van der Waals surface area contributed by atoms with Crippen LogP contribution >= 0.6 is 0 Å². The van der Waals surface area contributed by atoms with Crippen molar-refractivity contribution < 1.29 is 24.2 Å². The fraction of sp³-hybridized carbons (Fsp3) is 0.483. The molecule has 4 N–H and O–H groups in total. The molecular formula is C29H37N3O5. The Hall–Kier alpha value is -3.23. The molecule has 8 heteroatoms. The van der Waals surface area contributed by atoms with Gasteiger partial charge in [0.2, 0.25) is 11.8 Å². The van der Waals surface area contributed by atoms with E-state index in [1.54, 1.807) is 26.2 Å². The van der Waals surface area contributed by atoms with Crippen LogP contribution in [0, 0.1) is 5.41 Å². The van der Waals surface area contributed by atoms with Gasteiger partial charge in [0.25, 0.3) is 0 Å². The molecule has 4 rings (SSSR count). The summed E-state index contributed by atoms with van der Waals surface area (Å²) in [4.78, 5) is 40.2. The average molecular weight is 508 g/mol. The molecule has 0 radical (unpaired) electrons. The Morgan fingerprint density at radius 2 is 1.57 bits per heavy atom. The molecule has 37 heavy (non-hydrogen) atoms. The zero-order valence-corrected chi connectivity index (χ0v) is 21.8. The summed E-state index contributed by atoms with van der Waals surface area (Å²) in [5, 5.41) is 19.4. The summed E-state index contributed by atoms with van der Waals surface area (Å²) in [7, 11) is 1.58. The number of amides is 2. The monoisotopic (exact) mass is 507 g/mol. The highest BCUT2D eigenvalue weighted by molar-refractivity contribution is 5.97. The molecule has 2 aliphatic rings. The first-order valence-corrected chi connectivity index (χ1v) is 12.9. The zero-order valence-electron chi connectivity index (χ0n) is 21.8. The number of ketones is 1. The number of ether oxygens (including phenoxy) is 1. The smallest absolute Gasteiger partial charge is 0.243 e. The van der Waals surface area contributed by atoms with Gasteiger partial charge in [-0.2, -0.15) is 0 Å². The van der Waals surface area contributed by atoms with Gasteiger partial charge in [0, 0.05) is 11.8 Å². The van der Waals surface area contributed by atoms with E-state index >= 15 is 0 Å². The van der Waals surface area contributed by atoms with Crippen molar-refractivity contribution in [3.05, 3.63) is 65.7 Å². The molecule has 1 aliphatic heterocycles. The fourth-order valence-corrected chi connectivity index (χ4v) is 4.86. The van der Waals surface area contributed by atoms with Gasteiger partial charge in [0.15, 0.2) is 5.78 Å². The van der Waals surface area contributed by atoms with Crippen molar-refractivity contribution in [2.75, 3.05) is 13.7 Å². The van der Waals surface area contributed by atoms with Gasteiger partial charge >= 0.3 is 0 Å². The Balaban J connectivity index is 1.55. The van der Waals surface area contributed by atoms with E-state index in [0.29, 0.717) is 25.1 Å². The summed E-state index contributed by atoms with van der Waals surface area (Å²) in [6.07, 6.45) is 2.65. The first-order chi connectivity index (χ1) is 17.6. The van der Waals surface area contributed by atoms with Gasteiger partial charge in [0.05, 0.1) is 18.8 Å². The molecule has 2 amide bonds. The molecule has 1 aliphatic carbocycles. The quantitative estimate of drug-likeness (QED) is 0.369. The maximum absolute atomic E-state index is 13.6. The lowest BCUT2D eigenvalue weighted by molar-refractivity contribution is -0.134. The van der Waals surface area contributed by atoms with Crippen LogP contribution in [0.1, 0.15) is 44.2 Å². The number of aliphatic hydroxyl groups is 1. The topological polar surface area (TPSA) is 117 Å². The van der Waals surface area contributed by atoms with Gasteiger partial charge in [-0.15, -0.1) is 0 Å². The molecule has 1 saturated heterocycles. The normalized spacial score (nSPS) is 23.5. The van der Waals surface area contributed by atoms with E-state index in [2.05, 4.69) is 16.0 Å². The third-order valence-corrected chi connectivity index (χ3v) is 7.61. The van der Waals surface area contributed by atoms with Crippen molar-refractivity contribution in [1.82, 2.24) is 16.0 Å². The number of carbonyl (C=O) groups excluding carboxylic acids is 3. The largest absolute Gasteiger partial charge is 0.497 e. The summed E-state index contributed by atoms with van der Waals surface area (Å²) in [5.41, 5.74) is 0.144. The minimum absolute atomic E-state index is 0.0135. The highest BCUT2D eigenvalue weighted by Gasteiger charge is 2.48. The van der Waals surface area contributed by atoms with Crippen LogP contribution in [0.4, 0.5) is 0 Å². The van der Waals surface area contributed by atoms with Crippen molar-refractivity contribution in [3.8, 4) is 5.75 Å². The molecule has 4 atom stereocenters. The van der Waals surface area contributed by atoms with E-state index in [1.807, 2.05) is 49.4 Å². The summed E-state index contributed by atoms with van der Waals surface area (Å²) in [6.45, 7) is 4.05. The Morgan fingerprint density at radius 1 is 0.946 bits per heavy atom. The molecule has 2 aromatic rings. The highest BCUT2D eigenvalue weighted by atomic mass is 16.5. The third kappa shape index (κ3) is 6.56. The molecule has 0 unspecified atom stereocenters. The van der Waals surface area contributed by atoms with E-state index in [9.17, 15) is 19.5 Å². The Bertz CT molecular complexity index is 1110. The van der Waals surface area contributed by atoms with E-state index < -0.39 is 41.0 Å². The van der Waals surface area contributed by atoms with Gasteiger partial charge in [-0.25, -0.2) is 0 Å². The maximum Gasteiger partial charge on any atom is 0.243 e. The Kier molecular flexibility index (Phi) is 7.99. The molecule has 2 fully saturated rings. The van der Waals surface area contributed by atoms with E-state index in [-0.39, 0.29) is 12.2 Å². The Labute approximate surface area is 218 Å². The van der Waals surface area contributed by atoms with Crippen molar-refractivity contribution in [1.29, 1.82) is 0 Å². The van der Waals surface area contributed by atoms with Crippen LogP contribution in [0.5, 0.6) is 5.75 Å². The molecule has 0 aromatic heterocycles. The fourth-order valence-electron chi connectivity index (χ4n) is 4.86. The SMILES string of the molecule is COc1ccc(C[C@H](NC(=O)[C@@H]2NCC[C@@]2(C)O)C(=O)N[C@@H](Cc2ccccc2)C(=O)C2(C)CC2)cc1. The van der Waals surface area contributed by atoms with Gasteiger partial charge in [-0.3, -0.25) is 14.4 Å². The van der Waals surface area contributed by atoms with Gasteiger partial charge in [-0.1, -0.05) is 49.4 Å². The first-order valence-electron chi connectivity index (χ1n) is 12.9. The van der Waals surface area contributed by atoms with Crippen LogP contribution in [0.25, 0.3) is 0 Å². The number of carbonyl (C=O) groups is 3. The van der Waals surface area contributed by atoms with E-state index in [0.717, 1.165) is 24.0 Å². The molecule has 0 spiro atoms. The molecule has 198 valence electrons. The summed E-state index contributed by atoms with van der Waals surface area (Å²) < 4.78 is 5.23. The second-order valence-electron chi connectivity index (χ2n) is 10.8. The third-order valence-electron chi connectivity index (χ3n) is 7.61. The molecule has 8 nitrogen and oxygen atoms in total. The van der Waals surface area contributed by atoms with Crippen molar-refractivity contribution >= 4 is 17.6 Å². The van der Waals surface area contributed by atoms with Crippen LogP contribution in [0.3, 0.4) is 0 Å². The van der Waals surface area contributed by atoms with Crippen LogP contribution in [0.15, 0.2) is 54.6 Å². The number of methoxy groups -OCH3 is 1. The van der Waals surface area contributed by atoms with E-state index in [4.69, 9.17) is 4.74 Å². The highest BCUT2D eigenvalue weighted by Crippen LogP contribution is 2.46. The number of nitrogens with one attached hydrogen (secondary N) is 3. The number of Topliss-reactive ketones (excluding diaryl/α,β-unsaturated/α-hetero) is 1. The minimum Gasteiger partial charge on any atom is -0.497 e. The molecule has 1 heterocycles. The second-order valence-corrected chi connectivity index (χ2v) is 10.8. The molecule has 0 bridgehead atoms. The van der Waals surface area contributed by atoms with E-state index in [1.165, 1.54) is 0 Å². The predicted octanol–water partition coefficient (Wildman–Crippen LogP) is 1.93. The molecule has 2 aromatic carbocycles. The lowest BCUT2D eigenvalue weighted by Crippen LogP contribution is -2.59. The maximum atomic E-state index is 13.6. The van der Waals surface area contributed by atoms with Crippen LogP contribution in [0.2, 0.25) is 0 Å². The molecular weight excluding hydrogens is 470 g/mol. The first kappa shape index (κ1) is 26.8. The minimum atomic E-state index is -1.21. The van der Waals surface area contributed by atoms with Crippen LogP contribution in [-0.2, 0) is 27.2 Å². The standard InChI is InChI=1S/C29H37N3O5/c1-28(13-14-28)25(33)22(17-19-7-5-4-6-8-19)31-26(34)23(18-20-9-11-21(37-3)12-10-20)32-27(35)24-29(2,36)15-16-30-24/h4-12,22-24,30,36H,13-18H2,1-3H3,(H,31,34)(H,32,35)/t22-,23-,24-,29+/m0/s1. The van der Waals surface area contributed by atoms with Crippen molar-refractivity contribution in [2.45, 2.75) is 69.7 Å². The zero-order chi connectivity index (χ0) is 26.6. The average Bonchev–Trinajstić information content (AvgIpc) is 3.54. The number of benzene rings is 2. The number of hydrogen-bond acceptors (Lipinski definition) is 6. The van der Waals surface area contributed by atoms with Crippen LogP contribution in [-0.4, -0.2) is 60.1 Å². The van der Waals surface area contributed by atoms with Crippen LogP contribution < -0.4 is 20.7 Å². The lowest BCUT2D eigenvalue weighted by Gasteiger charge is -2.28. The summed E-state index contributed by atoms with van der Waals surface area (Å²) >= 11 is 0. The predicted molar refractivity (Wildman–Crippen MR) is 140 cm³/mol. The second kappa shape index (κ2) is 11.0. The Morgan fingerprint density at radius 3 is 2.14 bits per heavy atom. The summed E-state index contributed by atoms with van der Waals surface area (Å²) in [5.74, 6) is -0.178. The summed E-state index contributed by atoms with van der Waals surface area (Å²) in [6, 6.07) is 14.4. The molecule has 1 saturated carbocycles. The number of rotatable bonds is 11. The van der Waals surface area contributed by atoms with Gasteiger partial charge in [-0.05, 0) is 62.4 Å². The van der Waals surface area contributed by atoms with Crippen molar-refractivity contribution in [2.24, 2.45) is 5.41 Å². The van der Waals surface area contributed by atoms with Gasteiger partial charge < -0.3 is 25.8 Å². The lowest BCUT2D eigenvalue weighted by atomic mass is 9.92. The number of hydrogen-bond donors (Lipinski definition) is 4. The van der Waals surface area contributed by atoms with Gasteiger partial charge in [0.1, 0.15) is 17.8 Å². The van der Waals surface area contributed by atoms with Crippen molar-refractivity contribution in [3.63, 3.8) is 0 Å².